The number of sulfonamides is 1. The summed E-state index contributed by atoms with van der Waals surface area (Å²) in [6.45, 7) is 6.07. The zero-order valence-corrected chi connectivity index (χ0v) is 15.8. The van der Waals surface area contributed by atoms with E-state index in [0.29, 0.717) is 30.0 Å². The fourth-order valence-corrected chi connectivity index (χ4v) is 4.35. The van der Waals surface area contributed by atoms with E-state index in [1.54, 1.807) is 43.0 Å². The zero-order chi connectivity index (χ0) is 18.9. The maximum atomic E-state index is 12.7. The number of benzene rings is 1. The SMILES string of the molecule is Cc1noc(C)c1S(=O)(=O)Nc1cccc(C(=O)N2CCN(C)CC2)c1. The molecule has 0 saturated carbocycles. The van der Waals surface area contributed by atoms with Crippen molar-refractivity contribution in [3.05, 3.63) is 41.3 Å². The van der Waals surface area contributed by atoms with Crippen LogP contribution in [-0.4, -0.2) is 62.5 Å². The molecule has 3 rings (SSSR count). The molecule has 8 nitrogen and oxygen atoms in total. The Morgan fingerprint density at radius 2 is 1.88 bits per heavy atom. The highest BCUT2D eigenvalue weighted by molar-refractivity contribution is 7.92. The standard InChI is InChI=1S/C17H22N4O4S/c1-12-16(13(2)25-18-12)26(23,24)19-15-6-4-5-14(11-15)17(22)21-9-7-20(3)8-10-21/h4-6,11,19H,7-10H2,1-3H3. The molecule has 1 amide bonds. The van der Waals surface area contributed by atoms with Crippen LogP contribution in [0.1, 0.15) is 21.8 Å². The number of aryl methyl sites for hydroxylation is 2. The van der Waals surface area contributed by atoms with Gasteiger partial charge in [-0.05, 0) is 39.1 Å². The second-order valence-electron chi connectivity index (χ2n) is 6.44. The summed E-state index contributed by atoms with van der Waals surface area (Å²) in [7, 11) is -1.82. The van der Waals surface area contributed by atoms with Gasteiger partial charge in [0.05, 0.1) is 0 Å². The monoisotopic (exact) mass is 378 g/mol. The smallest absolute Gasteiger partial charge is 0.267 e. The summed E-state index contributed by atoms with van der Waals surface area (Å²) in [5.41, 5.74) is 1.07. The van der Waals surface area contributed by atoms with Gasteiger partial charge in [0.2, 0.25) is 0 Å². The van der Waals surface area contributed by atoms with E-state index in [4.69, 9.17) is 4.52 Å². The van der Waals surface area contributed by atoms with Gasteiger partial charge in [0.15, 0.2) is 10.7 Å². The maximum Gasteiger partial charge on any atom is 0.267 e. The number of nitrogens with one attached hydrogen (secondary N) is 1. The minimum Gasteiger partial charge on any atom is -0.360 e. The first kappa shape index (κ1) is 18.4. The Morgan fingerprint density at radius 3 is 2.50 bits per heavy atom. The van der Waals surface area contributed by atoms with E-state index in [9.17, 15) is 13.2 Å². The number of hydrogen-bond donors (Lipinski definition) is 1. The molecule has 1 aromatic heterocycles. The molecule has 0 unspecified atom stereocenters. The van der Waals surface area contributed by atoms with E-state index < -0.39 is 10.0 Å². The van der Waals surface area contributed by atoms with Crippen LogP contribution >= 0.6 is 0 Å². The van der Waals surface area contributed by atoms with Crippen LogP contribution in [0.5, 0.6) is 0 Å². The lowest BCUT2D eigenvalue weighted by atomic mass is 10.1. The average molecular weight is 378 g/mol. The normalized spacial score (nSPS) is 15.9. The number of hydrogen-bond acceptors (Lipinski definition) is 6. The van der Waals surface area contributed by atoms with Crippen LogP contribution in [-0.2, 0) is 10.0 Å². The van der Waals surface area contributed by atoms with E-state index >= 15 is 0 Å². The van der Waals surface area contributed by atoms with E-state index in [2.05, 4.69) is 14.8 Å². The van der Waals surface area contributed by atoms with E-state index in [-0.39, 0.29) is 16.6 Å². The fourth-order valence-electron chi connectivity index (χ4n) is 2.97. The number of carbonyl (C=O) groups is 1. The van der Waals surface area contributed by atoms with E-state index in [1.165, 1.54) is 0 Å². The third-order valence-electron chi connectivity index (χ3n) is 4.39. The van der Waals surface area contributed by atoms with E-state index in [0.717, 1.165) is 13.1 Å². The van der Waals surface area contributed by atoms with Crippen LogP contribution in [0.15, 0.2) is 33.7 Å². The summed E-state index contributed by atoms with van der Waals surface area (Å²) in [4.78, 5) is 16.6. The Bertz CT molecular complexity index is 895. The second-order valence-corrected chi connectivity index (χ2v) is 8.05. The number of rotatable bonds is 4. The molecule has 9 heteroatoms. The van der Waals surface area contributed by atoms with Crippen LogP contribution in [0, 0.1) is 13.8 Å². The molecule has 140 valence electrons. The Hall–Kier alpha value is -2.39. The van der Waals surface area contributed by atoms with Gasteiger partial charge >= 0.3 is 0 Å². The third-order valence-corrected chi connectivity index (χ3v) is 6.01. The lowest BCUT2D eigenvalue weighted by Crippen LogP contribution is -2.47. The number of carbonyl (C=O) groups excluding carboxylic acids is 1. The molecule has 0 radical (unpaired) electrons. The van der Waals surface area contributed by atoms with Gasteiger partial charge in [0.25, 0.3) is 15.9 Å². The molecule has 1 aliphatic rings. The molecule has 2 heterocycles. The molecule has 0 aliphatic carbocycles. The van der Waals surface area contributed by atoms with Crippen LogP contribution in [0.4, 0.5) is 5.69 Å². The number of aromatic nitrogens is 1. The Labute approximate surface area is 152 Å². The molecule has 0 spiro atoms. The minimum atomic E-state index is -3.84. The molecule has 1 aliphatic heterocycles. The second kappa shape index (κ2) is 7.08. The summed E-state index contributed by atoms with van der Waals surface area (Å²) in [5.74, 6) is 0.121. The largest absolute Gasteiger partial charge is 0.360 e. The van der Waals surface area contributed by atoms with Gasteiger partial charge < -0.3 is 14.3 Å². The Morgan fingerprint density at radius 1 is 1.19 bits per heavy atom. The number of likely N-dealkylation sites (N-methyl/N-ethyl adjacent to an activating group) is 1. The van der Waals surface area contributed by atoms with Crippen LogP contribution in [0.25, 0.3) is 0 Å². The predicted octanol–water partition coefficient (Wildman–Crippen LogP) is 1.48. The van der Waals surface area contributed by atoms with Gasteiger partial charge in [-0.3, -0.25) is 9.52 Å². The fraction of sp³-hybridized carbons (Fsp3) is 0.412. The highest BCUT2D eigenvalue weighted by atomic mass is 32.2. The molecule has 1 fully saturated rings. The predicted molar refractivity (Wildman–Crippen MR) is 96.6 cm³/mol. The molecule has 2 aromatic rings. The van der Waals surface area contributed by atoms with Gasteiger partial charge in [0, 0.05) is 37.4 Å². The molecule has 26 heavy (non-hydrogen) atoms. The van der Waals surface area contributed by atoms with Gasteiger partial charge in [-0.25, -0.2) is 8.42 Å². The molecule has 0 atom stereocenters. The molecule has 1 N–H and O–H groups in total. The minimum absolute atomic E-state index is 0.0216. The van der Waals surface area contributed by atoms with E-state index in [1.807, 2.05) is 7.05 Å². The van der Waals surface area contributed by atoms with Gasteiger partial charge in [-0.2, -0.15) is 0 Å². The van der Waals surface area contributed by atoms with Gasteiger partial charge in [-0.1, -0.05) is 11.2 Å². The molecular formula is C17H22N4O4S. The molecular weight excluding hydrogens is 356 g/mol. The summed E-state index contributed by atoms with van der Waals surface area (Å²) in [6, 6.07) is 6.51. The quantitative estimate of drug-likeness (QED) is 0.866. The van der Waals surface area contributed by atoms with Crippen molar-refractivity contribution in [3.8, 4) is 0 Å². The van der Waals surface area contributed by atoms with Crippen molar-refractivity contribution in [2.24, 2.45) is 0 Å². The maximum absolute atomic E-state index is 12.7. The first-order valence-electron chi connectivity index (χ1n) is 8.31. The number of amides is 1. The lowest BCUT2D eigenvalue weighted by molar-refractivity contribution is 0.0664. The molecule has 1 saturated heterocycles. The van der Waals surface area contributed by atoms with Crippen LogP contribution in [0.2, 0.25) is 0 Å². The zero-order valence-electron chi connectivity index (χ0n) is 15.0. The van der Waals surface area contributed by atoms with Crippen LogP contribution in [0.3, 0.4) is 0 Å². The summed E-state index contributed by atoms with van der Waals surface area (Å²) in [6.07, 6.45) is 0. The topological polar surface area (TPSA) is 95.8 Å². The average Bonchev–Trinajstić information content (AvgIpc) is 2.94. The van der Waals surface area contributed by atoms with Crippen molar-refractivity contribution in [1.82, 2.24) is 15.0 Å². The highest BCUT2D eigenvalue weighted by Crippen LogP contribution is 2.23. The Kier molecular flexibility index (Phi) is 5.01. The van der Waals surface area contributed by atoms with Crippen molar-refractivity contribution in [2.75, 3.05) is 37.9 Å². The number of piperazine rings is 1. The number of anilines is 1. The summed E-state index contributed by atoms with van der Waals surface area (Å²) < 4.78 is 32.7. The molecule has 1 aromatic carbocycles. The Balaban J connectivity index is 1.80. The first-order valence-corrected chi connectivity index (χ1v) is 9.80. The third kappa shape index (κ3) is 3.73. The summed E-state index contributed by atoms with van der Waals surface area (Å²) in [5, 5.41) is 3.68. The lowest BCUT2D eigenvalue weighted by Gasteiger charge is -2.32. The van der Waals surface area contributed by atoms with Crippen molar-refractivity contribution in [2.45, 2.75) is 18.7 Å². The first-order chi connectivity index (χ1) is 12.3. The molecule has 0 bridgehead atoms. The van der Waals surface area contributed by atoms with Crippen molar-refractivity contribution in [1.29, 1.82) is 0 Å². The van der Waals surface area contributed by atoms with Crippen molar-refractivity contribution < 1.29 is 17.7 Å². The van der Waals surface area contributed by atoms with Gasteiger partial charge in [0.1, 0.15) is 5.69 Å². The highest BCUT2D eigenvalue weighted by Gasteiger charge is 2.25. The van der Waals surface area contributed by atoms with Crippen LogP contribution < -0.4 is 4.72 Å². The van der Waals surface area contributed by atoms with Crippen molar-refractivity contribution >= 4 is 21.6 Å². The van der Waals surface area contributed by atoms with Gasteiger partial charge in [-0.15, -0.1) is 0 Å². The summed E-state index contributed by atoms with van der Waals surface area (Å²) >= 11 is 0. The van der Waals surface area contributed by atoms with Crippen molar-refractivity contribution in [3.63, 3.8) is 0 Å². The number of nitrogens with zero attached hydrogens (tertiary/aromatic N) is 3.